The summed E-state index contributed by atoms with van der Waals surface area (Å²) in [6.45, 7) is 3.82. The molecule has 106 valence electrons. The normalized spacial score (nSPS) is 22.7. The molecule has 2 atom stereocenters. The third-order valence-electron chi connectivity index (χ3n) is 3.02. The van der Waals surface area contributed by atoms with Crippen LogP contribution in [0, 0.1) is 0 Å². The molecular weight excluding hydrogens is 246 g/mol. The van der Waals surface area contributed by atoms with Gasteiger partial charge in [-0.1, -0.05) is 0 Å². The average molecular weight is 267 g/mol. The van der Waals surface area contributed by atoms with Gasteiger partial charge in [-0.2, -0.15) is 15.0 Å². The molecule has 7 nitrogen and oxygen atoms in total. The Morgan fingerprint density at radius 2 is 2.05 bits per heavy atom. The summed E-state index contributed by atoms with van der Waals surface area (Å²) < 4.78 is 10.8. The van der Waals surface area contributed by atoms with Crippen molar-refractivity contribution < 1.29 is 9.47 Å². The zero-order valence-electron chi connectivity index (χ0n) is 11.6. The Balaban J connectivity index is 2.02. The van der Waals surface area contributed by atoms with Crippen molar-refractivity contribution in [1.29, 1.82) is 0 Å². The molecule has 0 saturated heterocycles. The molecule has 0 amide bonds. The van der Waals surface area contributed by atoms with E-state index in [1.54, 1.807) is 7.11 Å². The van der Waals surface area contributed by atoms with Crippen LogP contribution in [-0.2, 0) is 4.74 Å². The first kappa shape index (κ1) is 13.8. The number of anilines is 2. The molecule has 0 aromatic carbocycles. The number of hydrogen-bond donors (Lipinski definition) is 2. The minimum Gasteiger partial charge on any atom is -0.461 e. The number of rotatable bonds is 5. The van der Waals surface area contributed by atoms with E-state index in [0.717, 1.165) is 19.3 Å². The highest BCUT2D eigenvalue weighted by Gasteiger charge is 2.25. The number of nitrogens with zero attached hydrogens (tertiary/aromatic N) is 3. The predicted molar refractivity (Wildman–Crippen MR) is 72.1 cm³/mol. The number of nitrogens with one attached hydrogen (secondary N) is 1. The molecular formula is C12H21N5O2. The molecule has 1 aliphatic carbocycles. The highest BCUT2D eigenvalue weighted by molar-refractivity contribution is 5.33. The van der Waals surface area contributed by atoms with E-state index in [1.165, 1.54) is 0 Å². The Labute approximate surface area is 112 Å². The Hall–Kier alpha value is -1.63. The van der Waals surface area contributed by atoms with Crippen molar-refractivity contribution in [3.63, 3.8) is 0 Å². The number of nitrogen functional groups attached to an aromatic ring is 1. The maximum Gasteiger partial charge on any atom is 0.323 e. The lowest BCUT2D eigenvalue weighted by molar-refractivity contribution is 0.108. The van der Waals surface area contributed by atoms with E-state index >= 15 is 0 Å². The second-order valence-corrected chi connectivity index (χ2v) is 4.98. The first-order chi connectivity index (χ1) is 9.06. The van der Waals surface area contributed by atoms with E-state index in [-0.39, 0.29) is 18.1 Å². The van der Waals surface area contributed by atoms with Crippen molar-refractivity contribution in [2.45, 2.75) is 51.4 Å². The lowest BCUT2D eigenvalue weighted by atomic mass is 10.2. The van der Waals surface area contributed by atoms with Crippen molar-refractivity contribution >= 4 is 11.9 Å². The quantitative estimate of drug-likeness (QED) is 0.828. The summed E-state index contributed by atoms with van der Waals surface area (Å²) in [6, 6.07) is 0.560. The van der Waals surface area contributed by atoms with Crippen molar-refractivity contribution in [2.75, 3.05) is 18.2 Å². The molecule has 19 heavy (non-hydrogen) atoms. The maximum absolute atomic E-state index is 5.66. The minimum absolute atomic E-state index is 0.000924. The number of methoxy groups -OCH3 is 1. The summed E-state index contributed by atoms with van der Waals surface area (Å²) in [5, 5.41) is 3.26. The van der Waals surface area contributed by atoms with Gasteiger partial charge in [-0.3, -0.25) is 0 Å². The van der Waals surface area contributed by atoms with Crippen molar-refractivity contribution in [3.05, 3.63) is 0 Å². The van der Waals surface area contributed by atoms with Gasteiger partial charge in [-0.05, 0) is 33.1 Å². The number of nitrogens with two attached hydrogens (primary N) is 1. The molecule has 1 saturated carbocycles. The molecule has 7 heteroatoms. The molecule has 1 fully saturated rings. The molecule has 1 aromatic heterocycles. The first-order valence-corrected chi connectivity index (χ1v) is 6.54. The van der Waals surface area contributed by atoms with Crippen molar-refractivity contribution in [2.24, 2.45) is 0 Å². The predicted octanol–water partition coefficient (Wildman–Crippen LogP) is 1.22. The van der Waals surface area contributed by atoms with Gasteiger partial charge in [0.05, 0.1) is 12.2 Å². The van der Waals surface area contributed by atoms with Gasteiger partial charge in [0, 0.05) is 13.2 Å². The van der Waals surface area contributed by atoms with Crippen LogP contribution >= 0.6 is 0 Å². The molecule has 2 rings (SSSR count). The van der Waals surface area contributed by atoms with Gasteiger partial charge in [0.25, 0.3) is 0 Å². The SMILES string of the molecule is COC1CCC(Nc2nc(N)nc(OC(C)C)n2)C1. The van der Waals surface area contributed by atoms with E-state index in [4.69, 9.17) is 15.2 Å². The van der Waals surface area contributed by atoms with Crippen LogP contribution in [0.2, 0.25) is 0 Å². The zero-order valence-corrected chi connectivity index (χ0v) is 11.6. The molecule has 2 unspecified atom stereocenters. The fourth-order valence-corrected chi connectivity index (χ4v) is 2.17. The fraction of sp³-hybridized carbons (Fsp3) is 0.750. The Morgan fingerprint density at radius 1 is 1.26 bits per heavy atom. The summed E-state index contributed by atoms with van der Waals surface area (Å²) >= 11 is 0. The van der Waals surface area contributed by atoms with Gasteiger partial charge in [0.2, 0.25) is 11.9 Å². The standard InChI is InChI=1S/C12H21N5O2/c1-7(2)19-12-16-10(13)15-11(17-12)14-8-4-5-9(6-8)18-3/h7-9H,4-6H2,1-3H3,(H3,13,14,15,16,17). The van der Waals surface area contributed by atoms with Gasteiger partial charge >= 0.3 is 6.01 Å². The van der Waals surface area contributed by atoms with Crippen LogP contribution in [0.3, 0.4) is 0 Å². The largest absolute Gasteiger partial charge is 0.461 e. The molecule has 0 spiro atoms. The fourth-order valence-electron chi connectivity index (χ4n) is 2.17. The monoisotopic (exact) mass is 267 g/mol. The summed E-state index contributed by atoms with van der Waals surface area (Å²) in [5.41, 5.74) is 5.66. The highest BCUT2D eigenvalue weighted by atomic mass is 16.5. The molecule has 3 N–H and O–H groups in total. The average Bonchev–Trinajstić information content (AvgIpc) is 2.74. The summed E-state index contributed by atoms with van der Waals surface area (Å²) in [5.74, 6) is 0.624. The second kappa shape index (κ2) is 6.01. The zero-order chi connectivity index (χ0) is 13.8. The van der Waals surface area contributed by atoms with Gasteiger partial charge < -0.3 is 20.5 Å². The minimum atomic E-state index is -0.000924. The molecule has 0 bridgehead atoms. The number of aromatic nitrogens is 3. The molecule has 0 radical (unpaired) electrons. The molecule has 0 aliphatic heterocycles. The topological polar surface area (TPSA) is 95.2 Å². The molecule has 1 heterocycles. The van der Waals surface area contributed by atoms with E-state index in [0.29, 0.717) is 18.1 Å². The van der Waals surface area contributed by atoms with Crippen LogP contribution in [0.15, 0.2) is 0 Å². The van der Waals surface area contributed by atoms with Gasteiger partial charge in [0.15, 0.2) is 0 Å². The van der Waals surface area contributed by atoms with Gasteiger partial charge in [-0.25, -0.2) is 0 Å². The van der Waals surface area contributed by atoms with Crippen LogP contribution in [-0.4, -0.2) is 40.3 Å². The summed E-state index contributed by atoms with van der Waals surface area (Å²) in [7, 11) is 1.74. The van der Waals surface area contributed by atoms with Gasteiger partial charge in [0.1, 0.15) is 0 Å². The second-order valence-electron chi connectivity index (χ2n) is 4.98. The molecule has 1 aliphatic rings. The summed E-state index contributed by atoms with van der Waals surface area (Å²) in [6.07, 6.45) is 3.33. The van der Waals surface area contributed by atoms with E-state index in [1.807, 2.05) is 13.8 Å². The third-order valence-corrected chi connectivity index (χ3v) is 3.02. The summed E-state index contributed by atoms with van der Waals surface area (Å²) in [4.78, 5) is 12.2. The number of hydrogen-bond acceptors (Lipinski definition) is 7. The van der Waals surface area contributed by atoms with Crippen LogP contribution in [0.1, 0.15) is 33.1 Å². The van der Waals surface area contributed by atoms with Crippen LogP contribution < -0.4 is 15.8 Å². The third kappa shape index (κ3) is 3.92. The van der Waals surface area contributed by atoms with E-state index in [2.05, 4.69) is 20.3 Å². The number of ether oxygens (including phenoxy) is 2. The van der Waals surface area contributed by atoms with Crippen LogP contribution in [0.5, 0.6) is 6.01 Å². The smallest absolute Gasteiger partial charge is 0.323 e. The van der Waals surface area contributed by atoms with Crippen LogP contribution in [0.25, 0.3) is 0 Å². The highest BCUT2D eigenvalue weighted by Crippen LogP contribution is 2.24. The maximum atomic E-state index is 5.66. The van der Waals surface area contributed by atoms with Gasteiger partial charge in [-0.15, -0.1) is 0 Å². The molecule has 1 aromatic rings. The van der Waals surface area contributed by atoms with Crippen molar-refractivity contribution in [1.82, 2.24) is 15.0 Å². The lowest BCUT2D eigenvalue weighted by Crippen LogP contribution is -2.20. The Morgan fingerprint density at radius 3 is 2.68 bits per heavy atom. The first-order valence-electron chi connectivity index (χ1n) is 6.54. The Bertz CT molecular complexity index is 427. The van der Waals surface area contributed by atoms with Crippen molar-refractivity contribution in [3.8, 4) is 6.01 Å². The van der Waals surface area contributed by atoms with E-state index < -0.39 is 0 Å². The van der Waals surface area contributed by atoms with Crippen LogP contribution in [0.4, 0.5) is 11.9 Å². The lowest BCUT2D eigenvalue weighted by Gasteiger charge is -2.14. The Kier molecular flexibility index (Phi) is 4.36. The van der Waals surface area contributed by atoms with E-state index in [9.17, 15) is 0 Å².